The summed E-state index contributed by atoms with van der Waals surface area (Å²) in [5.74, 6) is -1.13. The summed E-state index contributed by atoms with van der Waals surface area (Å²) in [6.07, 6.45) is 4.59. The fourth-order valence-electron chi connectivity index (χ4n) is 2.27. The van der Waals surface area contributed by atoms with Gasteiger partial charge in [0.15, 0.2) is 5.79 Å². The number of hydrogen-bond donors (Lipinski definition) is 1. The first-order valence-corrected chi connectivity index (χ1v) is 6.12. The van der Waals surface area contributed by atoms with Crippen LogP contribution in [-0.2, 0) is 11.2 Å². The maximum atomic E-state index is 10.4. The summed E-state index contributed by atoms with van der Waals surface area (Å²) in [7, 11) is 1.55. The van der Waals surface area contributed by atoms with Crippen molar-refractivity contribution in [1.82, 2.24) is 9.88 Å². The normalized spacial score (nSPS) is 20.4. The summed E-state index contributed by atoms with van der Waals surface area (Å²) >= 11 is 0. The molecule has 0 unspecified atom stereocenters. The van der Waals surface area contributed by atoms with Gasteiger partial charge in [-0.25, -0.2) is 0 Å². The molecule has 0 aromatic carbocycles. The third-order valence-corrected chi connectivity index (χ3v) is 3.23. The Morgan fingerprint density at radius 1 is 1.41 bits per heavy atom. The number of hydrogen-bond acceptors (Lipinski definition) is 4. The van der Waals surface area contributed by atoms with E-state index in [9.17, 15) is 5.11 Å². The number of aliphatic hydroxyl groups is 1. The van der Waals surface area contributed by atoms with Crippen molar-refractivity contribution in [3.8, 4) is 0 Å². The van der Waals surface area contributed by atoms with Crippen LogP contribution in [0.4, 0.5) is 0 Å². The standard InChI is InChI=1S/C13H20N2O2/c1-17-13(16,11-15-8-4-5-9-15)10-12-6-2-3-7-14-12/h2-3,6-7,16H,4-5,8-11H2,1H3/t13-/m1/s1. The first-order chi connectivity index (χ1) is 8.22. The molecule has 4 nitrogen and oxygen atoms in total. The molecule has 1 atom stereocenters. The van der Waals surface area contributed by atoms with Crippen LogP contribution >= 0.6 is 0 Å². The van der Waals surface area contributed by atoms with E-state index in [1.54, 1.807) is 13.3 Å². The van der Waals surface area contributed by atoms with Crippen molar-refractivity contribution in [3.63, 3.8) is 0 Å². The van der Waals surface area contributed by atoms with Crippen molar-refractivity contribution in [2.45, 2.75) is 25.0 Å². The number of pyridine rings is 1. The van der Waals surface area contributed by atoms with Gasteiger partial charge in [0.2, 0.25) is 0 Å². The van der Waals surface area contributed by atoms with Gasteiger partial charge in [-0.2, -0.15) is 0 Å². The van der Waals surface area contributed by atoms with E-state index in [-0.39, 0.29) is 0 Å². The Balaban J connectivity index is 1.98. The molecule has 2 heterocycles. The number of ether oxygens (including phenoxy) is 1. The average molecular weight is 236 g/mol. The molecule has 17 heavy (non-hydrogen) atoms. The monoisotopic (exact) mass is 236 g/mol. The number of likely N-dealkylation sites (tertiary alicyclic amines) is 1. The van der Waals surface area contributed by atoms with Gasteiger partial charge in [0.05, 0.1) is 6.54 Å². The first-order valence-electron chi connectivity index (χ1n) is 6.12. The predicted octanol–water partition coefficient (Wildman–Crippen LogP) is 1.05. The molecule has 4 heteroatoms. The molecule has 0 aliphatic carbocycles. The summed E-state index contributed by atoms with van der Waals surface area (Å²) in [5.41, 5.74) is 0.857. The molecule has 2 rings (SSSR count). The first kappa shape index (κ1) is 12.5. The summed E-state index contributed by atoms with van der Waals surface area (Å²) in [4.78, 5) is 6.47. The van der Waals surface area contributed by atoms with Gasteiger partial charge in [-0.3, -0.25) is 9.88 Å². The van der Waals surface area contributed by atoms with Crippen molar-refractivity contribution in [3.05, 3.63) is 30.1 Å². The molecule has 1 saturated heterocycles. The highest BCUT2D eigenvalue weighted by molar-refractivity contribution is 5.06. The van der Waals surface area contributed by atoms with Crippen molar-refractivity contribution in [2.75, 3.05) is 26.7 Å². The van der Waals surface area contributed by atoms with E-state index < -0.39 is 5.79 Å². The lowest BCUT2D eigenvalue weighted by atomic mass is 10.1. The van der Waals surface area contributed by atoms with Crippen LogP contribution in [0.3, 0.4) is 0 Å². The minimum atomic E-state index is -1.13. The largest absolute Gasteiger partial charge is 0.364 e. The Kier molecular flexibility index (Phi) is 4.10. The smallest absolute Gasteiger partial charge is 0.183 e. The molecular weight excluding hydrogens is 216 g/mol. The zero-order valence-electron chi connectivity index (χ0n) is 10.3. The van der Waals surface area contributed by atoms with Gasteiger partial charge in [-0.05, 0) is 38.1 Å². The number of nitrogens with zero attached hydrogens (tertiary/aromatic N) is 2. The summed E-state index contributed by atoms with van der Waals surface area (Å²) < 4.78 is 5.28. The fraction of sp³-hybridized carbons (Fsp3) is 0.615. The molecular formula is C13H20N2O2. The lowest BCUT2D eigenvalue weighted by Gasteiger charge is -2.30. The zero-order chi connectivity index (χ0) is 12.1. The van der Waals surface area contributed by atoms with E-state index >= 15 is 0 Å². The Bertz CT molecular complexity index is 339. The van der Waals surface area contributed by atoms with Gasteiger partial charge in [-0.1, -0.05) is 6.07 Å². The van der Waals surface area contributed by atoms with Crippen LogP contribution in [0.5, 0.6) is 0 Å². The SMILES string of the molecule is CO[C@](O)(Cc1ccccn1)CN1CCCC1. The Labute approximate surface area is 102 Å². The van der Waals surface area contributed by atoms with Crippen LogP contribution in [0, 0.1) is 0 Å². The molecule has 0 amide bonds. The van der Waals surface area contributed by atoms with Crippen LogP contribution in [0.2, 0.25) is 0 Å². The van der Waals surface area contributed by atoms with Crippen LogP contribution in [0.1, 0.15) is 18.5 Å². The number of rotatable bonds is 5. The average Bonchev–Trinajstić information content (AvgIpc) is 2.83. The summed E-state index contributed by atoms with van der Waals surface area (Å²) in [6.45, 7) is 2.65. The summed E-state index contributed by atoms with van der Waals surface area (Å²) in [6, 6.07) is 5.71. The van der Waals surface area contributed by atoms with E-state index in [2.05, 4.69) is 9.88 Å². The lowest BCUT2D eigenvalue weighted by Crippen LogP contribution is -2.45. The molecule has 1 aromatic rings. The lowest BCUT2D eigenvalue weighted by molar-refractivity contribution is -0.194. The number of methoxy groups -OCH3 is 1. The van der Waals surface area contributed by atoms with Gasteiger partial charge >= 0.3 is 0 Å². The molecule has 94 valence electrons. The highest BCUT2D eigenvalue weighted by atomic mass is 16.6. The molecule has 0 radical (unpaired) electrons. The molecule has 0 spiro atoms. The number of β-amino-alcohol motifs (C(OH)–C–C–N with tert-alkyl or cyclic N) is 1. The van der Waals surface area contributed by atoms with Crippen LogP contribution in [0.25, 0.3) is 0 Å². The van der Waals surface area contributed by atoms with Gasteiger partial charge in [0, 0.05) is 25.4 Å². The molecule has 1 aliphatic heterocycles. The van der Waals surface area contributed by atoms with Crippen molar-refractivity contribution in [2.24, 2.45) is 0 Å². The van der Waals surface area contributed by atoms with Gasteiger partial charge in [-0.15, -0.1) is 0 Å². The highest BCUT2D eigenvalue weighted by Gasteiger charge is 2.31. The Morgan fingerprint density at radius 2 is 2.18 bits per heavy atom. The van der Waals surface area contributed by atoms with E-state index in [4.69, 9.17) is 4.74 Å². The van der Waals surface area contributed by atoms with Crippen molar-refractivity contribution in [1.29, 1.82) is 0 Å². The predicted molar refractivity (Wildman–Crippen MR) is 65.6 cm³/mol. The highest BCUT2D eigenvalue weighted by Crippen LogP contribution is 2.18. The molecule has 0 bridgehead atoms. The minimum Gasteiger partial charge on any atom is -0.364 e. The fourth-order valence-corrected chi connectivity index (χ4v) is 2.27. The van der Waals surface area contributed by atoms with Crippen LogP contribution in [0.15, 0.2) is 24.4 Å². The molecule has 1 fully saturated rings. The van der Waals surface area contributed by atoms with Crippen LogP contribution < -0.4 is 0 Å². The minimum absolute atomic E-state index is 0.431. The van der Waals surface area contributed by atoms with Crippen molar-refractivity contribution < 1.29 is 9.84 Å². The molecule has 1 N–H and O–H groups in total. The molecule has 1 aliphatic rings. The van der Waals surface area contributed by atoms with Gasteiger partial charge in [0.1, 0.15) is 0 Å². The zero-order valence-corrected chi connectivity index (χ0v) is 10.3. The Hall–Kier alpha value is -0.970. The van der Waals surface area contributed by atoms with Gasteiger partial charge in [0.25, 0.3) is 0 Å². The third kappa shape index (κ3) is 3.49. The van der Waals surface area contributed by atoms with Gasteiger partial charge < -0.3 is 9.84 Å². The van der Waals surface area contributed by atoms with E-state index in [1.165, 1.54) is 12.8 Å². The van der Waals surface area contributed by atoms with Crippen molar-refractivity contribution >= 4 is 0 Å². The quantitative estimate of drug-likeness (QED) is 0.776. The number of aromatic nitrogens is 1. The second-order valence-electron chi connectivity index (χ2n) is 4.63. The molecule has 1 aromatic heterocycles. The maximum Gasteiger partial charge on any atom is 0.183 e. The second kappa shape index (κ2) is 5.58. The second-order valence-corrected chi connectivity index (χ2v) is 4.63. The van der Waals surface area contributed by atoms with Crippen LogP contribution in [-0.4, -0.2) is 47.5 Å². The Morgan fingerprint density at radius 3 is 2.76 bits per heavy atom. The maximum absolute atomic E-state index is 10.4. The van der Waals surface area contributed by atoms with E-state index in [0.29, 0.717) is 13.0 Å². The third-order valence-electron chi connectivity index (χ3n) is 3.23. The van der Waals surface area contributed by atoms with E-state index in [0.717, 1.165) is 18.8 Å². The molecule has 0 saturated carbocycles. The van der Waals surface area contributed by atoms with E-state index in [1.807, 2.05) is 18.2 Å². The summed E-state index contributed by atoms with van der Waals surface area (Å²) in [5, 5.41) is 10.4. The topological polar surface area (TPSA) is 45.6 Å².